The minimum atomic E-state index is 0.451. The van der Waals surface area contributed by atoms with Crippen molar-refractivity contribution in [3.8, 4) is 0 Å². The maximum atomic E-state index is 5.91. The molecule has 3 heteroatoms. The summed E-state index contributed by atoms with van der Waals surface area (Å²) in [6, 6.07) is 9.13. The molecule has 17 heavy (non-hydrogen) atoms. The Kier molecular flexibility index (Phi) is 4.75. The van der Waals surface area contributed by atoms with Crippen LogP contribution in [0.25, 0.3) is 0 Å². The second-order valence-electron chi connectivity index (χ2n) is 4.89. The normalized spacial score (nSPS) is 24.6. The molecule has 2 rings (SSSR count). The van der Waals surface area contributed by atoms with E-state index in [0.29, 0.717) is 6.04 Å². The van der Waals surface area contributed by atoms with Crippen LogP contribution in [0.1, 0.15) is 25.7 Å². The van der Waals surface area contributed by atoms with Gasteiger partial charge < -0.3 is 11.1 Å². The second kappa shape index (κ2) is 6.31. The minimum absolute atomic E-state index is 0.451. The summed E-state index contributed by atoms with van der Waals surface area (Å²) in [5, 5.41) is 3.53. The number of nitrogens with one attached hydrogen (secondary N) is 1. The Morgan fingerprint density at radius 1 is 1.18 bits per heavy atom. The van der Waals surface area contributed by atoms with Crippen LogP contribution in [0.3, 0.4) is 0 Å². The fourth-order valence-electron chi connectivity index (χ4n) is 2.36. The van der Waals surface area contributed by atoms with Crippen LogP contribution >= 0.6 is 11.8 Å². The summed E-state index contributed by atoms with van der Waals surface area (Å²) >= 11 is 1.78. The number of rotatable bonds is 4. The third-order valence-corrected chi connectivity index (χ3v) is 4.32. The van der Waals surface area contributed by atoms with E-state index >= 15 is 0 Å². The molecule has 0 aliphatic heterocycles. The van der Waals surface area contributed by atoms with E-state index in [4.69, 9.17) is 5.73 Å². The molecule has 1 aliphatic rings. The molecule has 3 N–H and O–H groups in total. The zero-order chi connectivity index (χ0) is 12.1. The van der Waals surface area contributed by atoms with Gasteiger partial charge in [-0.1, -0.05) is 0 Å². The van der Waals surface area contributed by atoms with Gasteiger partial charge in [-0.3, -0.25) is 0 Å². The molecule has 0 heterocycles. The molecular weight excluding hydrogens is 228 g/mol. The van der Waals surface area contributed by atoms with Crippen molar-refractivity contribution < 1.29 is 0 Å². The van der Waals surface area contributed by atoms with E-state index in [9.17, 15) is 0 Å². The average molecular weight is 250 g/mol. The highest BCUT2D eigenvalue weighted by molar-refractivity contribution is 7.98. The van der Waals surface area contributed by atoms with Gasteiger partial charge in [0.05, 0.1) is 0 Å². The van der Waals surface area contributed by atoms with Gasteiger partial charge in [0.25, 0.3) is 0 Å². The maximum Gasteiger partial charge on any atom is 0.0341 e. The van der Waals surface area contributed by atoms with E-state index in [-0.39, 0.29) is 0 Å². The summed E-state index contributed by atoms with van der Waals surface area (Å²) in [5.41, 5.74) is 7.15. The number of thioether (sulfide) groups is 1. The van der Waals surface area contributed by atoms with Crippen molar-refractivity contribution >= 4 is 17.4 Å². The van der Waals surface area contributed by atoms with Crippen molar-refractivity contribution in [2.45, 2.75) is 36.6 Å². The highest BCUT2D eigenvalue weighted by Crippen LogP contribution is 2.24. The Morgan fingerprint density at radius 2 is 1.82 bits per heavy atom. The van der Waals surface area contributed by atoms with E-state index in [1.54, 1.807) is 11.8 Å². The van der Waals surface area contributed by atoms with Gasteiger partial charge in [0, 0.05) is 23.2 Å². The summed E-state index contributed by atoms with van der Waals surface area (Å²) in [5.74, 6) is 0.801. The largest absolute Gasteiger partial charge is 0.385 e. The maximum absolute atomic E-state index is 5.91. The molecule has 0 unspecified atom stereocenters. The molecule has 0 atom stereocenters. The van der Waals surface area contributed by atoms with Crippen molar-refractivity contribution in [2.75, 3.05) is 18.1 Å². The molecule has 1 fully saturated rings. The van der Waals surface area contributed by atoms with Gasteiger partial charge >= 0.3 is 0 Å². The van der Waals surface area contributed by atoms with Gasteiger partial charge in [-0.25, -0.2) is 0 Å². The Morgan fingerprint density at radius 3 is 2.41 bits per heavy atom. The predicted molar refractivity (Wildman–Crippen MR) is 76.6 cm³/mol. The first-order valence-corrected chi connectivity index (χ1v) is 7.64. The summed E-state index contributed by atoms with van der Waals surface area (Å²) < 4.78 is 0. The third kappa shape index (κ3) is 3.93. The zero-order valence-electron chi connectivity index (χ0n) is 10.5. The Bertz CT molecular complexity index is 329. The highest BCUT2D eigenvalue weighted by atomic mass is 32.2. The highest BCUT2D eigenvalue weighted by Gasteiger charge is 2.17. The molecule has 0 saturated heterocycles. The molecule has 1 aliphatic carbocycles. The van der Waals surface area contributed by atoms with Crippen molar-refractivity contribution in [2.24, 2.45) is 11.7 Å². The molecule has 0 radical (unpaired) electrons. The van der Waals surface area contributed by atoms with Crippen molar-refractivity contribution in [1.29, 1.82) is 0 Å². The Hall–Kier alpha value is -0.670. The lowest BCUT2D eigenvalue weighted by Gasteiger charge is -2.26. The van der Waals surface area contributed by atoms with Crippen molar-refractivity contribution in [3.63, 3.8) is 0 Å². The SMILES string of the molecule is CSc1ccc(NCC2CCC(N)CC2)cc1. The van der Waals surface area contributed by atoms with E-state index in [0.717, 1.165) is 12.5 Å². The Labute approximate surface area is 108 Å². The summed E-state index contributed by atoms with van der Waals surface area (Å²) in [7, 11) is 0. The van der Waals surface area contributed by atoms with Crippen LogP contribution in [0.4, 0.5) is 5.69 Å². The third-order valence-electron chi connectivity index (χ3n) is 3.58. The van der Waals surface area contributed by atoms with Crippen molar-refractivity contribution in [1.82, 2.24) is 0 Å². The van der Waals surface area contributed by atoms with Crippen molar-refractivity contribution in [3.05, 3.63) is 24.3 Å². The summed E-state index contributed by atoms with van der Waals surface area (Å²) in [6.07, 6.45) is 7.04. The number of nitrogens with two attached hydrogens (primary N) is 1. The minimum Gasteiger partial charge on any atom is -0.385 e. The average Bonchev–Trinajstić information content (AvgIpc) is 2.39. The standard InChI is InChI=1S/C14H22N2S/c1-17-14-8-6-13(7-9-14)16-10-11-2-4-12(15)5-3-11/h6-9,11-12,16H,2-5,10,15H2,1H3. The molecule has 94 valence electrons. The van der Waals surface area contributed by atoms with Gasteiger partial charge in [0.2, 0.25) is 0 Å². The van der Waals surface area contributed by atoms with Crippen LogP contribution < -0.4 is 11.1 Å². The molecule has 0 spiro atoms. The van der Waals surface area contributed by atoms with Crippen LogP contribution in [0.5, 0.6) is 0 Å². The van der Waals surface area contributed by atoms with Gasteiger partial charge in [0.1, 0.15) is 0 Å². The van der Waals surface area contributed by atoms with E-state index in [2.05, 4.69) is 35.8 Å². The molecule has 0 bridgehead atoms. The second-order valence-corrected chi connectivity index (χ2v) is 5.77. The molecule has 1 aromatic rings. The number of hydrogen-bond donors (Lipinski definition) is 2. The summed E-state index contributed by atoms with van der Waals surface area (Å²) in [6.45, 7) is 1.09. The van der Waals surface area contributed by atoms with E-state index in [1.807, 2.05) is 0 Å². The lowest BCUT2D eigenvalue weighted by Crippen LogP contribution is -2.29. The van der Waals surface area contributed by atoms with E-state index < -0.39 is 0 Å². The van der Waals surface area contributed by atoms with Crippen LogP contribution in [-0.2, 0) is 0 Å². The number of anilines is 1. The molecule has 1 aromatic carbocycles. The predicted octanol–water partition coefficient (Wildman–Crippen LogP) is 3.34. The van der Waals surface area contributed by atoms with Crippen LogP contribution in [-0.4, -0.2) is 18.8 Å². The lowest BCUT2D eigenvalue weighted by molar-refractivity contribution is 0.339. The molecule has 1 saturated carbocycles. The van der Waals surface area contributed by atoms with Crippen LogP contribution in [0, 0.1) is 5.92 Å². The topological polar surface area (TPSA) is 38.0 Å². The Balaban J connectivity index is 1.77. The van der Waals surface area contributed by atoms with Gasteiger partial charge in [-0.05, 0) is 62.1 Å². The van der Waals surface area contributed by atoms with Gasteiger partial charge in [-0.15, -0.1) is 11.8 Å². The smallest absolute Gasteiger partial charge is 0.0341 e. The molecule has 2 nitrogen and oxygen atoms in total. The first kappa shape index (κ1) is 12.8. The zero-order valence-corrected chi connectivity index (χ0v) is 11.3. The number of benzene rings is 1. The molecular formula is C14H22N2S. The first-order valence-electron chi connectivity index (χ1n) is 6.41. The fourth-order valence-corrected chi connectivity index (χ4v) is 2.77. The van der Waals surface area contributed by atoms with Crippen LogP contribution in [0.2, 0.25) is 0 Å². The first-order chi connectivity index (χ1) is 8.28. The quantitative estimate of drug-likeness (QED) is 0.805. The van der Waals surface area contributed by atoms with E-state index in [1.165, 1.54) is 36.3 Å². The lowest BCUT2D eigenvalue weighted by atomic mass is 9.86. The monoisotopic (exact) mass is 250 g/mol. The van der Waals surface area contributed by atoms with Crippen LogP contribution in [0.15, 0.2) is 29.2 Å². The van der Waals surface area contributed by atoms with Gasteiger partial charge in [0.15, 0.2) is 0 Å². The summed E-state index contributed by atoms with van der Waals surface area (Å²) in [4.78, 5) is 1.32. The molecule has 0 amide bonds. The fraction of sp³-hybridized carbons (Fsp3) is 0.571. The molecule has 0 aromatic heterocycles. The number of hydrogen-bond acceptors (Lipinski definition) is 3. The van der Waals surface area contributed by atoms with Gasteiger partial charge in [-0.2, -0.15) is 0 Å².